The highest BCUT2D eigenvalue weighted by atomic mass is 16.5. The van der Waals surface area contributed by atoms with Crippen molar-refractivity contribution in [2.24, 2.45) is 0 Å². The summed E-state index contributed by atoms with van der Waals surface area (Å²) in [7, 11) is 1.28. The molecule has 0 spiro atoms. The molecule has 1 aromatic carbocycles. The van der Waals surface area contributed by atoms with Crippen molar-refractivity contribution in [2.75, 3.05) is 7.11 Å². The molecule has 78 valence electrons. The summed E-state index contributed by atoms with van der Waals surface area (Å²) in [5, 5.41) is 2.51. The SMILES string of the molecule is COC(=O)N[C@H]1Cc2ccccc2C1=O. The smallest absolute Gasteiger partial charge is 0.407 e. The number of benzene rings is 1. The van der Waals surface area contributed by atoms with Crippen molar-refractivity contribution in [1.29, 1.82) is 0 Å². The summed E-state index contributed by atoms with van der Waals surface area (Å²) in [4.78, 5) is 22.8. The fourth-order valence-corrected chi connectivity index (χ4v) is 1.76. The Labute approximate surface area is 87.2 Å². The lowest BCUT2D eigenvalue weighted by molar-refractivity contribution is 0.0947. The average Bonchev–Trinajstić information content (AvgIpc) is 2.57. The van der Waals surface area contributed by atoms with E-state index in [2.05, 4.69) is 10.1 Å². The van der Waals surface area contributed by atoms with Gasteiger partial charge in [0.2, 0.25) is 0 Å². The highest BCUT2D eigenvalue weighted by Gasteiger charge is 2.31. The van der Waals surface area contributed by atoms with Gasteiger partial charge in [-0.3, -0.25) is 4.79 Å². The van der Waals surface area contributed by atoms with Crippen molar-refractivity contribution in [3.05, 3.63) is 35.4 Å². The fraction of sp³-hybridized carbons (Fsp3) is 0.273. The molecule has 0 saturated heterocycles. The van der Waals surface area contributed by atoms with Crippen LogP contribution < -0.4 is 5.32 Å². The first-order valence-electron chi connectivity index (χ1n) is 4.69. The van der Waals surface area contributed by atoms with E-state index in [1.807, 2.05) is 18.2 Å². The molecule has 2 rings (SSSR count). The van der Waals surface area contributed by atoms with E-state index in [4.69, 9.17) is 0 Å². The molecule has 0 fully saturated rings. The average molecular weight is 205 g/mol. The van der Waals surface area contributed by atoms with E-state index in [1.165, 1.54) is 7.11 Å². The molecule has 0 saturated carbocycles. The molecule has 1 aliphatic carbocycles. The van der Waals surface area contributed by atoms with Gasteiger partial charge in [-0.15, -0.1) is 0 Å². The number of Topliss-reactive ketones (excluding diaryl/α,β-unsaturated/α-hetero) is 1. The second kappa shape index (κ2) is 3.73. The highest BCUT2D eigenvalue weighted by molar-refractivity contribution is 6.05. The van der Waals surface area contributed by atoms with Gasteiger partial charge in [-0.1, -0.05) is 24.3 Å². The van der Waals surface area contributed by atoms with Gasteiger partial charge in [-0.25, -0.2) is 4.79 Å². The molecule has 0 radical (unpaired) electrons. The van der Waals surface area contributed by atoms with Crippen LogP contribution in [-0.2, 0) is 11.2 Å². The number of hydrogen-bond donors (Lipinski definition) is 1. The van der Waals surface area contributed by atoms with Gasteiger partial charge in [-0.05, 0) is 5.56 Å². The molecular formula is C11H11NO3. The number of nitrogens with one attached hydrogen (secondary N) is 1. The molecule has 1 atom stereocenters. The Hall–Kier alpha value is -1.84. The van der Waals surface area contributed by atoms with Crippen molar-refractivity contribution in [1.82, 2.24) is 5.32 Å². The van der Waals surface area contributed by atoms with Gasteiger partial charge in [0.25, 0.3) is 0 Å². The molecular weight excluding hydrogens is 194 g/mol. The molecule has 1 aromatic rings. The summed E-state index contributed by atoms with van der Waals surface area (Å²) >= 11 is 0. The molecule has 4 heteroatoms. The number of hydrogen-bond acceptors (Lipinski definition) is 3. The van der Waals surface area contributed by atoms with Crippen LogP contribution in [0.5, 0.6) is 0 Å². The molecule has 0 aromatic heterocycles. The Morgan fingerprint density at radius 2 is 2.20 bits per heavy atom. The molecule has 1 aliphatic rings. The lowest BCUT2D eigenvalue weighted by Gasteiger charge is -2.08. The van der Waals surface area contributed by atoms with Crippen LogP contribution in [0.1, 0.15) is 15.9 Å². The number of amides is 1. The number of rotatable bonds is 1. The van der Waals surface area contributed by atoms with Gasteiger partial charge in [0.1, 0.15) is 0 Å². The summed E-state index contributed by atoms with van der Waals surface area (Å²) in [6.45, 7) is 0. The van der Waals surface area contributed by atoms with Gasteiger partial charge in [0.05, 0.1) is 13.2 Å². The zero-order valence-electron chi connectivity index (χ0n) is 8.32. The van der Waals surface area contributed by atoms with E-state index in [0.717, 1.165) is 5.56 Å². The maximum Gasteiger partial charge on any atom is 0.407 e. The van der Waals surface area contributed by atoms with Crippen LogP contribution in [0.15, 0.2) is 24.3 Å². The topological polar surface area (TPSA) is 55.4 Å². The number of fused-ring (bicyclic) bond motifs is 1. The lowest BCUT2D eigenvalue weighted by Crippen LogP contribution is -2.38. The van der Waals surface area contributed by atoms with E-state index >= 15 is 0 Å². The highest BCUT2D eigenvalue weighted by Crippen LogP contribution is 2.21. The number of methoxy groups -OCH3 is 1. The Balaban J connectivity index is 2.17. The largest absolute Gasteiger partial charge is 0.453 e. The third-order valence-corrected chi connectivity index (χ3v) is 2.50. The van der Waals surface area contributed by atoms with Crippen LogP contribution >= 0.6 is 0 Å². The van der Waals surface area contributed by atoms with E-state index in [9.17, 15) is 9.59 Å². The van der Waals surface area contributed by atoms with E-state index < -0.39 is 12.1 Å². The Morgan fingerprint density at radius 3 is 2.87 bits per heavy atom. The molecule has 0 unspecified atom stereocenters. The van der Waals surface area contributed by atoms with Crippen LogP contribution in [-0.4, -0.2) is 25.0 Å². The van der Waals surface area contributed by atoms with Crippen molar-refractivity contribution in [2.45, 2.75) is 12.5 Å². The number of carbonyl (C=O) groups excluding carboxylic acids is 2. The summed E-state index contributed by atoms with van der Waals surface area (Å²) in [6, 6.07) is 6.89. The van der Waals surface area contributed by atoms with E-state index in [0.29, 0.717) is 12.0 Å². The minimum Gasteiger partial charge on any atom is -0.453 e. The molecule has 0 bridgehead atoms. The van der Waals surface area contributed by atoms with Gasteiger partial charge in [0.15, 0.2) is 5.78 Å². The number of alkyl carbamates (subject to hydrolysis) is 1. The first-order valence-corrected chi connectivity index (χ1v) is 4.69. The maximum atomic E-state index is 11.8. The summed E-state index contributed by atoms with van der Waals surface area (Å²) in [5.74, 6) is -0.0454. The van der Waals surface area contributed by atoms with Crippen LogP contribution in [0, 0.1) is 0 Å². The first kappa shape index (κ1) is 9.71. The van der Waals surface area contributed by atoms with Crippen LogP contribution in [0.3, 0.4) is 0 Å². The molecule has 0 aliphatic heterocycles. The van der Waals surface area contributed by atoms with Gasteiger partial charge in [0, 0.05) is 12.0 Å². The maximum absolute atomic E-state index is 11.8. The van der Waals surface area contributed by atoms with Crippen molar-refractivity contribution in [3.63, 3.8) is 0 Å². The number of carbonyl (C=O) groups is 2. The van der Waals surface area contributed by atoms with Crippen molar-refractivity contribution >= 4 is 11.9 Å². The Kier molecular flexibility index (Phi) is 2.41. The summed E-state index contributed by atoms with van der Waals surface area (Å²) in [5.41, 5.74) is 1.67. The predicted octanol–water partition coefficient (Wildman–Crippen LogP) is 1.15. The first-order chi connectivity index (χ1) is 7.22. The summed E-state index contributed by atoms with van der Waals surface area (Å²) in [6.07, 6.45) is -0.0226. The third-order valence-electron chi connectivity index (χ3n) is 2.50. The van der Waals surface area contributed by atoms with Crippen molar-refractivity contribution in [3.8, 4) is 0 Å². The quantitative estimate of drug-likeness (QED) is 0.748. The van der Waals surface area contributed by atoms with E-state index in [-0.39, 0.29) is 5.78 Å². The van der Waals surface area contributed by atoms with Crippen LogP contribution in [0.25, 0.3) is 0 Å². The third kappa shape index (κ3) is 1.70. The molecule has 0 heterocycles. The monoisotopic (exact) mass is 205 g/mol. The van der Waals surface area contributed by atoms with E-state index in [1.54, 1.807) is 6.07 Å². The molecule has 4 nitrogen and oxygen atoms in total. The van der Waals surface area contributed by atoms with Crippen LogP contribution in [0.2, 0.25) is 0 Å². The zero-order chi connectivity index (χ0) is 10.8. The normalized spacial score (nSPS) is 18.5. The molecule has 1 N–H and O–H groups in total. The second-order valence-corrected chi connectivity index (χ2v) is 3.41. The summed E-state index contributed by atoms with van der Waals surface area (Å²) < 4.78 is 4.46. The van der Waals surface area contributed by atoms with Gasteiger partial charge >= 0.3 is 6.09 Å². The minimum absolute atomic E-state index is 0.0454. The second-order valence-electron chi connectivity index (χ2n) is 3.41. The Morgan fingerprint density at radius 1 is 1.47 bits per heavy atom. The molecule has 1 amide bonds. The lowest BCUT2D eigenvalue weighted by atomic mass is 10.1. The predicted molar refractivity (Wildman–Crippen MR) is 53.8 cm³/mol. The fourth-order valence-electron chi connectivity index (χ4n) is 1.76. The Bertz CT molecular complexity index is 414. The van der Waals surface area contributed by atoms with Crippen LogP contribution in [0.4, 0.5) is 4.79 Å². The molecule has 15 heavy (non-hydrogen) atoms. The zero-order valence-corrected chi connectivity index (χ0v) is 8.32. The number of ether oxygens (including phenoxy) is 1. The van der Waals surface area contributed by atoms with Crippen molar-refractivity contribution < 1.29 is 14.3 Å². The standard InChI is InChI=1S/C11H11NO3/c1-15-11(14)12-9-6-7-4-2-3-5-8(7)10(9)13/h2-5,9H,6H2,1H3,(H,12,14)/t9-/m0/s1. The van der Waals surface area contributed by atoms with Gasteiger partial charge in [-0.2, -0.15) is 0 Å². The number of ketones is 1. The minimum atomic E-state index is -0.568. The van der Waals surface area contributed by atoms with Gasteiger partial charge < -0.3 is 10.1 Å².